The van der Waals surface area contributed by atoms with Gasteiger partial charge in [-0.15, -0.1) is 0 Å². The first-order chi connectivity index (χ1) is 11.5. The molecule has 0 heterocycles. The molecule has 4 nitrogen and oxygen atoms in total. The van der Waals surface area contributed by atoms with Crippen molar-refractivity contribution >= 4 is 11.9 Å². The SMILES string of the molecule is COC(=O)CCN(Cc1ccc(C)cc1)C(=O)c1ccccc1F. The molecule has 5 heteroatoms. The van der Waals surface area contributed by atoms with Gasteiger partial charge in [0.2, 0.25) is 0 Å². The monoisotopic (exact) mass is 329 g/mol. The largest absolute Gasteiger partial charge is 0.469 e. The average Bonchev–Trinajstić information content (AvgIpc) is 2.59. The number of rotatable bonds is 6. The van der Waals surface area contributed by atoms with E-state index in [1.807, 2.05) is 31.2 Å². The number of hydrogen-bond acceptors (Lipinski definition) is 3. The standard InChI is InChI=1S/C19H20FNO3/c1-14-7-9-15(10-8-14)13-21(12-11-18(22)24-2)19(23)16-5-3-4-6-17(16)20/h3-10H,11-13H2,1-2H3. The molecule has 0 unspecified atom stereocenters. The summed E-state index contributed by atoms with van der Waals surface area (Å²) < 4.78 is 18.5. The Morgan fingerprint density at radius 3 is 2.38 bits per heavy atom. The van der Waals surface area contributed by atoms with Gasteiger partial charge in [-0.05, 0) is 24.6 Å². The Labute approximate surface area is 140 Å². The van der Waals surface area contributed by atoms with Crippen LogP contribution in [0.3, 0.4) is 0 Å². The van der Waals surface area contributed by atoms with Crippen molar-refractivity contribution in [1.82, 2.24) is 4.90 Å². The molecule has 0 saturated heterocycles. The van der Waals surface area contributed by atoms with E-state index in [0.29, 0.717) is 6.54 Å². The van der Waals surface area contributed by atoms with Gasteiger partial charge in [-0.25, -0.2) is 4.39 Å². The second-order valence-electron chi connectivity index (χ2n) is 5.52. The maximum atomic E-state index is 13.9. The molecular formula is C19H20FNO3. The van der Waals surface area contributed by atoms with Crippen LogP contribution in [0.15, 0.2) is 48.5 Å². The second-order valence-corrected chi connectivity index (χ2v) is 5.52. The summed E-state index contributed by atoms with van der Waals surface area (Å²) in [6.07, 6.45) is 0.0581. The van der Waals surface area contributed by atoms with E-state index in [-0.39, 0.29) is 18.5 Å². The van der Waals surface area contributed by atoms with E-state index in [9.17, 15) is 14.0 Å². The van der Waals surface area contributed by atoms with E-state index >= 15 is 0 Å². The minimum Gasteiger partial charge on any atom is -0.469 e. The Morgan fingerprint density at radius 2 is 1.75 bits per heavy atom. The molecule has 0 aromatic heterocycles. The molecule has 0 fully saturated rings. The zero-order valence-electron chi connectivity index (χ0n) is 13.8. The summed E-state index contributed by atoms with van der Waals surface area (Å²) in [5, 5.41) is 0. The number of halogens is 1. The third kappa shape index (κ3) is 4.65. The highest BCUT2D eigenvalue weighted by molar-refractivity contribution is 5.94. The molecule has 0 N–H and O–H groups in total. The van der Waals surface area contributed by atoms with Gasteiger partial charge >= 0.3 is 5.97 Å². The van der Waals surface area contributed by atoms with Crippen LogP contribution in [-0.4, -0.2) is 30.4 Å². The number of nitrogens with zero attached hydrogens (tertiary/aromatic N) is 1. The normalized spacial score (nSPS) is 10.3. The van der Waals surface area contributed by atoms with E-state index in [2.05, 4.69) is 4.74 Å². The summed E-state index contributed by atoms with van der Waals surface area (Å²) in [7, 11) is 1.30. The number of methoxy groups -OCH3 is 1. The molecule has 0 aliphatic heterocycles. The van der Waals surface area contributed by atoms with Crippen LogP contribution >= 0.6 is 0 Å². The summed E-state index contributed by atoms with van der Waals surface area (Å²) in [5.41, 5.74) is 2.02. The Hall–Kier alpha value is -2.69. The van der Waals surface area contributed by atoms with Crippen LogP contribution in [0.4, 0.5) is 4.39 Å². The number of aryl methyl sites for hydroxylation is 1. The lowest BCUT2D eigenvalue weighted by Gasteiger charge is -2.23. The Morgan fingerprint density at radius 1 is 1.08 bits per heavy atom. The predicted molar refractivity (Wildman–Crippen MR) is 89.0 cm³/mol. The van der Waals surface area contributed by atoms with Gasteiger partial charge in [-0.3, -0.25) is 9.59 Å². The van der Waals surface area contributed by atoms with Crippen LogP contribution < -0.4 is 0 Å². The smallest absolute Gasteiger partial charge is 0.307 e. The Kier molecular flexibility index (Phi) is 6.07. The second kappa shape index (κ2) is 8.24. The molecular weight excluding hydrogens is 309 g/mol. The molecule has 0 aliphatic rings. The molecule has 0 spiro atoms. The minimum absolute atomic E-state index is 0.00511. The number of carbonyl (C=O) groups excluding carboxylic acids is 2. The molecule has 0 bridgehead atoms. The molecule has 2 aromatic rings. The van der Waals surface area contributed by atoms with Crippen molar-refractivity contribution in [3.05, 3.63) is 71.0 Å². The lowest BCUT2D eigenvalue weighted by molar-refractivity contribution is -0.140. The zero-order chi connectivity index (χ0) is 17.5. The molecule has 126 valence electrons. The summed E-state index contributed by atoms with van der Waals surface area (Å²) in [5.74, 6) is -1.43. The van der Waals surface area contributed by atoms with Crippen molar-refractivity contribution < 1.29 is 18.7 Å². The number of amides is 1. The average molecular weight is 329 g/mol. The topological polar surface area (TPSA) is 46.6 Å². The fraction of sp³-hybridized carbons (Fsp3) is 0.263. The van der Waals surface area contributed by atoms with Gasteiger partial charge in [0, 0.05) is 13.1 Å². The van der Waals surface area contributed by atoms with Gasteiger partial charge in [0.1, 0.15) is 5.82 Å². The lowest BCUT2D eigenvalue weighted by atomic mass is 10.1. The summed E-state index contributed by atoms with van der Waals surface area (Å²) in [6.45, 7) is 2.43. The van der Waals surface area contributed by atoms with Crippen LogP contribution in [0.1, 0.15) is 27.9 Å². The fourth-order valence-corrected chi connectivity index (χ4v) is 2.30. The number of carbonyl (C=O) groups is 2. The van der Waals surface area contributed by atoms with Crippen molar-refractivity contribution in [3.63, 3.8) is 0 Å². The highest BCUT2D eigenvalue weighted by Gasteiger charge is 2.20. The van der Waals surface area contributed by atoms with Gasteiger partial charge in [-0.1, -0.05) is 42.0 Å². The molecule has 2 rings (SSSR count). The van der Waals surface area contributed by atoms with E-state index in [0.717, 1.165) is 11.1 Å². The van der Waals surface area contributed by atoms with Crippen LogP contribution in [-0.2, 0) is 16.1 Å². The first-order valence-corrected chi connectivity index (χ1v) is 7.67. The van der Waals surface area contributed by atoms with E-state index in [1.54, 1.807) is 6.07 Å². The number of hydrogen-bond donors (Lipinski definition) is 0. The first-order valence-electron chi connectivity index (χ1n) is 7.67. The number of benzene rings is 2. The quantitative estimate of drug-likeness (QED) is 0.764. The predicted octanol–water partition coefficient (Wildman–Crippen LogP) is 3.34. The summed E-state index contributed by atoms with van der Waals surface area (Å²) >= 11 is 0. The van der Waals surface area contributed by atoms with Crippen molar-refractivity contribution in [1.29, 1.82) is 0 Å². The van der Waals surface area contributed by atoms with E-state index < -0.39 is 17.7 Å². The van der Waals surface area contributed by atoms with Gasteiger partial charge in [0.05, 0.1) is 19.1 Å². The molecule has 24 heavy (non-hydrogen) atoms. The summed E-state index contributed by atoms with van der Waals surface area (Å²) in [6, 6.07) is 13.5. The zero-order valence-corrected chi connectivity index (χ0v) is 13.8. The Balaban J connectivity index is 2.21. The fourth-order valence-electron chi connectivity index (χ4n) is 2.30. The van der Waals surface area contributed by atoms with Crippen LogP contribution in [0, 0.1) is 12.7 Å². The van der Waals surface area contributed by atoms with E-state index in [1.165, 1.54) is 30.2 Å². The van der Waals surface area contributed by atoms with E-state index in [4.69, 9.17) is 0 Å². The molecule has 1 amide bonds. The van der Waals surface area contributed by atoms with Gasteiger partial charge in [-0.2, -0.15) is 0 Å². The first kappa shape index (κ1) is 17.7. The van der Waals surface area contributed by atoms with Crippen LogP contribution in [0.5, 0.6) is 0 Å². The summed E-state index contributed by atoms with van der Waals surface area (Å²) in [4.78, 5) is 25.5. The Bertz CT molecular complexity index is 713. The van der Waals surface area contributed by atoms with Crippen LogP contribution in [0.2, 0.25) is 0 Å². The molecule has 0 saturated carbocycles. The van der Waals surface area contributed by atoms with Crippen molar-refractivity contribution in [3.8, 4) is 0 Å². The highest BCUT2D eigenvalue weighted by Crippen LogP contribution is 2.14. The third-order valence-corrected chi connectivity index (χ3v) is 3.70. The van der Waals surface area contributed by atoms with Gasteiger partial charge in [0.25, 0.3) is 5.91 Å². The number of ether oxygens (including phenoxy) is 1. The van der Waals surface area contributed by atoms with Crippen molar-refractivity contribution in [2.24, 2.45) is 0 Å². The maximum absolute atomic E-state index is 13.9. The molecule has 0 radical (unpaired) electrons. The van der Waals surface area contributed by atoms with Gasteiger partial charge in [0.15, 0.2) is 0 Å². The van der Waals surface area contributed by atoms with Crippen molar-refractivity contribution in [2.75, 3.05) is 13.7 Å². The molecule has 2 aromatic carbocycles. The molecule has 0 atom stereocenters. The molecule has 0 aliphatic carbocycles. The van der Waals surface area contributed by atoms with Crippen molar-refractivity contribution in [2.45, 2.75) is 19.9 Å². The highest BCUT2D eigenvalue weighted by atomic mass is 19.1. The minimum atomic E-state index is -0.575. The number of esters is 1. The van der Waals surface area contributed by atoms with Gasteiger partial charge < -0.3 is 9.64 Å². The van der Waals surface area contributed by atoms with Crippen LogP contribution in [0.25, 0.3) is 0 Å². The maximum Gasteiger partial charge on any atom is 0.307 e. The lowest BCUT2D eigenvalue weighted by Crippen LogP contribution is -2.33. The third-order valence-electron chi connectivity index (χ3n) is 3.70.